The molecule has 6 N–H and O–H groups in total. The smallest absolute Gasteiger partial charge is 0.0440 e. The van der Waals surface area contributed by atoms with Crippen molar-refractivity contribution in [1.29, 1.82) is 0 Å². The highest BCUT2D eigenvalue weighted by atomic mass is 79.9. The molecule has 0 saturated carbocycles. The van der Waals surface area contributed by atoms with E-state index < -0.39 is 0 Å². The molecule has 0 aliphatic heterocycles. The minimum Gasteiger partial charge on any atom is -0.398 e. The van der Waals surface area contributed by atoms with Crippen molar-refractivity contribution >= 4 is 21.6 Å². The van der Waals surface area contributed by atoms with Crippen molar-refractivity contribution in [1.82, 2.24) is 0 Å². The molecular formula is C8H12BrN3. The number of halogens is 1. The molecule has 1 unspecified atom stereocenters. The number of anilines is 1. The summed E-state index contributed by atoms with van der Waals surface area (Å²) in [5, 5.41) is 0. The van der Waals surface area contributed by atoms with Gasteiger partial charge in [-0.25, -0.2) is 0 Å². The number of hydrogen-bond donors (Lipinski definition) is 3. The van der Waals surface area contributed by atoms with Crippen LogP contribution in [0.3, 0.4) is 0 Å². The molecule has 3 nitrogen and oxygen atoms in total. The third kappa shape index (κ3) is 1.97. The van der Waals surface area contributed by atoms with Crippen LogP contribution in [-0.2, 0) is 0 Å². The first-order valence-corrected chi connectivity index (χ1v) is 4.45. The Bertz CT molecular complexity index is 275. The Morgan fingerprint density at radius 1 is 1.42 bits per heavy atom. The van der Waals surface area contributed by atoms with E-state index in [0.717, 1.165) is 10.0 Å². The zero-order valence-corrected chi connectivity index (χ0v) is 8.21. The average Bonchev–Trinajstić information content (AvgIpc) is 2.08. The lowest BCUT2D eigenvalue weighted by atomic mass is 10.1. The van der Waals surface area contributed by atoms with Crippen LogP contribution in [0.5, 0.6) is 0 Å². The first kappa shape index (κ1) is 9.51. The first-order valence-electron chi connectivity index (χ1n) is 3.65. The van der Waals surface area contributed by atoms with Crippen LogP contribution in [0.2, 0.25) is 0 Å². The molecule has 1 aromatic carbocycles. The molecule has 0 fully saturated rings. The predicted octanol–water partition coefficient (Wildman–Crippen LogP) is 0.990. The Morgan fingerprint density at radius 3 is 2.67 bits per heavy atom. The SMILES string of the molecule is NCC(N)c1cc(Br)ccc1N. The molecule has 1 atom stereocenters. The summed E-state index contributed by atoms with van der Waals surface area (Å²) in [6, 6.07) is 5.41. The lowest BCUT2D eigenvalue weighted by molar-refractivity contribution is 0.739. The van der Waals surface area contributed by atoms with E-state index in [4.69, 9.17) is 17.2 Å². The van der Waals surface area contributed by atoms with E-state index in [0.29, 0.717) is 12.2 Å². The molecule has 0 saturated heterocycles. The van der Waals surface area contributed by atoms with Gasteiger partial charge in [0.2, 0.25) is 0 Å². The van der Waals surface area contributed by atoms with Crippen LogP contribution in [-0.4, -0.2) is 6.54 Å². The number of rotatable bonds is 2. The van der Waals surface area contributed by atoms with Crippen LogP contribution in [0.15, 0.2) is 22.7 Å². The molecule has 4 heteroatoms. The number of hydrogen-bond acceptors (Lipinski definition) is 3. The summed E-state index contributed by atoms with van der Waals surface area (Å²) in [5.74, 6) is 0. The highest BCUT2D eigenvalue weighted by Crippen LogP contribution is 2.22. The van der Waals surface area contributed by atoms with Gasteiger partial charge in [-0.2, -0.15) is 0 Å². The third-order valence-electron chi connectivity index (χ3n) is 1.70. The maximum absolute atomic E-state index is 5.74. The number of nitrogen functional groups attached to an aromatic ring is 1. The van der Waals surface area contributed by atoms with E-state index in [9.17, 15) is 0 Å². The van der Waals surface area contributed by atoms with Gasteiger partial charge in [-0.15, -0.1) is 0 Å². The van der Waals surface area contributed by atoms with Crippen LogP contribution in [0, 0.1) is 0 Å². The first-order chi connectivity index (χ1) is 5.65. The molecule has 1 aromatic rings. The van der Waals surface area contributed by atoms with Gasteiger partial charge in [-0.1, -0.05) is 15.9 Å². The fraction of sp³-hybridized carbons (Fsp3) is 0.250. The Morgan fingerprint density at radius 2 is 2.08 bits per heavy atom. The normalized spacial score (nSPS) is 12.9. The third-order valence-corrected chi connectivity index (χ3v) is 2.20. The van der Waals surface area contributed by atoms with Gasteiger partial charge in [-0.05, 0) is 23.8 Å². The summed E-state index contributed by atoms with van der Waals surface area (Å²) in [6.07, 6.45) is 0. The van der Waals surface area contributed by atoms with Crippen molar-refractivity contribution in [3.63, 3.8) is 0 Å². The Balaban J connectivity index is 3.04. The van der Waals surface area contributed by atoms with Crippen molar-refractivity contribution in [2.45, 2.75) is 6.04 Å². The molecule has 0 bridgehead atoms. The summed E-state index contributed by atoms with van der Waals surface area (Å²) in [6.45, 7) is 0.403. The molecule has 0 aliphatic rings. The Hall–Kier alpha value is -0.580. The molecular weight excluding hydrogens is 218 g/mol. The molecule has 0 spiro atoms. The monoisotopic (exact) mass is 229 g/mol. The van der Waals surface area contributed by atoms with Gasteiger partial charge in [-0.3, -0.25) is 0 Å². The predicted molar refractivity (Wildman–Crippen MR) is 54.5 cm³/mol. The second kappa shape index (κ2) is 3.89. The lowest BCUT2D eigenvalue weighted by Gasteiger charge is -2.12. The van der Waals surface area contributed by atoms with Gasteiger partial charge in [0.1, 0.15) is 0 Å². The van der Waals surface area contributed by atoms with Gasteiger partial charge in [0.05, 0.1) is 0 Å². The number of benzene rings is 1. The molecule has 12 heavy (non-hydrogen) atoms. The molecule has 1 rings (SSSR count). The minimum atomic E-state index is -0.178. The van der Waals surface area contributed by atoms with Crippen molar-refractivity contribution < 1.29 is 0 Å². The van der Waals surface area contributed by atoms with E-state index >= 15 is 0 Å². The fourth-order valence-corrected chi connectivity index (χ4v) is 1.37. The van der Waals surface area contributed by atoms with E-state index in [1.165, 1.54) is 0 Å². The van der Waals surface area contributed by atoms with Crippen molar-refractivity contribution in [2.24, 2.45) is 11.5 Å². The summed E-state index contributed by atoms with van der Waals surface area (Å²) in [4.78, 5) is 0. The molecule has 0 radical (unpaired) electrons. The van der Waals surface area contributed by atoms with Gasteiger partial charge >= 0.3 is 0 Å². The molecule has 0 amide bonds. The lowest BCUT2D eigenvalue weighted by Crippen LogP contribution is -2.21. The van der Waals surface area contributed by atoms with Crippen LogP contribution in [0.25, 0.3) is 0 Å². The molecule has 0 aliphatic carbocycles. The minimum absolute atomic E-state index is 0.178. The standard InChI is InChI=1S/C8H12BrN3/c9-5-1-2-7(11)6(3-5)8(12)4-10/h1-3,8H,4,10-12H2. The van der Waals surface area contributed by atoms with Gasteiger partial charge in [0.25, 0.3) is 0 Å². The highest BCUT2D eigenvalue weighted by molar-refractivity contribution is 9.10. The van der Waals surface area contributed by atoms with Gasteiger partial charge < -0.3 is 17.2 Å². The zero-order chi connectivity index (χ0) is 9.14. The summed E-state index contributed by atoms with van der Waals surface area (Å²) >= 11 is 3.34. The highest BCUT2D eigenvalue weighted by Gasteiger charge is 2.07. The van der Waals surface area contributed by atoms with Crippen molar-refractivity contribution in [2.75, 3.05) is 12.3 Å². The maximum Gasteiger partial charge on any atom is 0.0440 e. The quantitative estimate of drug-likeness (QED) is 0.663. The summed E-state index contributed by atoms with van der Waals surface area (Å²) < 4.78 is 0.968. The number of nitrogens with two attached hydrogens (primary N) is 3. The van der Waals surface area contributed by atoms with Crippen LogP contribution < -0.4 is 17.2 Å². The molecule has 0 aromatic heterocycles. The topological polar surface area (TPSA) is 78.1 Å². The zero-order valence-electron chi connectivity index (χ0n) is 6.63. The van der Waals surface area contributed by atoms with Crippen LogP contribution >= 0.6 is 15.9 Å². The van der Waals surface area contributed by atoms with E-state index in [1.807, 2.05) is 18.2 Å². The summed E-state index contributed by atoms with van der Waals surface area (Å²) in [5.41, 5.74) is 18.5. The Kier molecular flexibility index (Phi) is 3.08. The van der Waals surface area contributed by atoms with Gasteiger partial charge in [0.15, 0.2) is 0 Å². The van der Waals surface area contributed by atoms with Crippen LogP contribution in [0.4, 0.5) is 5.69 Å². The molecule has 0 heterocycles. The van der Waals surface area contributed by atoms with Gasteiger partial charge in [0, 0.05) is 22.7 Å². The second-order valence-corrected chi connectivity index (χ2v) is 3.53. The summed E-state index contributed by atoms with van der Waals surface area (Å²) in [7, 11) is 0. The maximum atomic E-state index is 5.74. The van der Waals surface area contributed by atoms with E-state index in [-0.39, 0.29) is 6.04 Å². The largest absolute Gasteiger partial charge is 0.398 e. The van der Waals surface area contributed by atoms with E-state index in [2.05, 4.69) is 15.9 Å². The Labute approximate surface area is 80.0 Å². The molecule has 66 valence electrons. The average molecular weight is 230 g/mol. The van der Waals surface area contributed by atoms with Crippen molar-refractivity contribution in [3.8, 4) is 0 Å². The van der Waals surface area contributed by atoms with Crippen LogP contribution in [0.1, 0.15) is 11.6 Å². The second-order valence-electron chi connectivity index (χ2n) is 2.62. The van der Waals surface area contributed by atoms with Crippen molar-refractivity contribution in [3.05, 3.63) is 28.2 Å². The van der Waals surface area contributed by atoms with E-state index in [1.54, 1.807) is 0 Å². The fourth-order valence-electron chi connectivity index (χ4n) is 0.994.